The fraction of sp³-hybridized carbons (Fsp3) is 0. The second-order valence-electron chi connectivity index (χ2n) is 13.9. The van der Waals surface area contributed by atoms with Gasteiger partial charge in [-0.15, -0.1) is 0 Å². The van der Waals surface area contributed by atoms with Gasteiger partial charge in [-0.2, -0.15) is 5.26 Å². The topological polar surface area (TPSA) is 49.8 Å². The van der Waals surface area contributed by atoms with Crippen molar-refractivity contribution in [1.82, 2.24) is 4.98 Å². The summed E-state index contributed by atoms with van der Waals surface area (Å²) in [6, 6.07) is 69.9. The van der Waals surface area contributed by atoms with Gasteiger partial charge in [-0.25, -0.2) is 4.98 Å². The molecule has 3 heteroatoms. The first-order chi connectivity index (χ1) is 27.2. The maximum absolute atomic E-state index is 9.14. The van der Waals surface area contributed by atoms with E-state index in [2.05, 4.69) is 170 Å². The Labute approximate surface area is 319 Å². The Morgan fingerprint density at radius 3 is 1.51 bits per heavy atom. The summed E-state index contributed by atoms with van der Waals surface area (Å²) in [4.78, 5) is 5.10. The van der Waals surface area contributed by atoms with Crippen LogP contribution in [0.2, 0.25) is 0 Å². The molecule has 9 aromatic carbocycles. The van der Waals surface area contributed by atoms with Gasteiger partial charge in [-0.3, -0.25) is 0 Å². The second kappa shape index (κ2) is 13.5. The van der Waals surface area contributed by atoms with Crippen LogP contribution < -0.4 is 0 Å². The fourth-order valence-electron chi connectivity index (χ4n) is 7.69. The molecule has 0 aliphatic rings. The molecule has 10 rings (SSSR count). The number of hydrogen-bond acceptors (Lipinski definition) is 3. The molecule has 1 aromatic heterocycles. The van der Waals surface area contributed by atoms with Gasteiger partial charge in [-0.1, -0.05) is 152 Å². The van der Waals surface area contributed by atoms with Crippen LogP contribution in [0.5, 0.6) is 0 Å². The SMILES string of the molecule is N#Cc1ccc(-c2ccc(-c3ccc(-c4cc(-c5ccccc5)c5nc(-c6ccc(-c7cc8ccccc8c8ccccc78)cc6)oc5c4)cc3)cc2)cc1. The zero-order valence-electron chi connectivity index (χ0n) is 29.8. The van der Waals surface area contributed by atoms with Gasteiger partial charge in [-0.05, 0) is 114 Å². The fourth-order valence-corrected chi connectivity index (χ4v) is 7.69. The number of fused-ring (bicyclic) bond motifs is 4. The second-order valence-corrected chi connectivity index (χ2v) is 13.9. The monoisotopic (exact) mass is 700 g/mol. The van der Waals surface area contributed by atoms with Gasteiger partial charge >= 0.3 is 0 Å². The molecule has 0 atom stereocenters. The summed E-state index contributed by atoms with van der Waals surface area (Å²) in [7, 11) is 0. The van der Waals surface area contributed by atoms with E-state index in [0.29, 0.717) is 11.5 Å². The van der Waals surface area contributed by atoms with Crippen molar-refractivity contribution in [3.05, 3.63) is 200 Å². The highest BCUT2D eigenvalue weighted by Gasteiger charge is 2.17. The summed E-state index contributed by atoms with van der Waals surface area (Å²) in [5.74, 6) is 0.596. The summed E-state index contributed by atoms with van der Waals surface area (Å²) in [5, 5.41) is 14.1. The third-order valence-electron chi connectivity index (χ3n) is 10.6. The van der Waals surface area contributed by atoms with E-state index < -0.39 is 0 Å². The molecule has 0 aliphatic heterocycles. The largest absolute Gasteiger partial charge is 0.436 e. The highest BCUT2D eigenvalue weighted by atomic mass is 16.3. The standard InChI is InChI=1S/C52H32N2O/c53-33-34-14-16-35(17-15-34)36-18-20-37(21-19-36)38-22-24-39(25-23-38)44-31-49(40-8-2-1-3-9-40)51-50(32-44)55-52(54-51)42-28-26-41(27-29-42)48-30-43-10-4-5-11-45(43)46-12-6-7-13-47(46)48/h1-32H. The van der Waals surface area contributed by atoms with Crippen molar-refractivity contribution in [2.24, 2.45) is 0 Å². The van der Waals surface area contributed by atoms with Gasteiger partial charge < -0.3 is 4.42 Å². The Hall–Kier alpha value is -7.54. The molecule has 0 radical (unpaired) electrons. The maximum atomic E-state index is 9.14. The van der Waals surface area contributed by atoms with E-state index in [-0.39, 0.29) is 0 Å². The van der Waals surface area contributed by atoms with Crippen molar-refractivity contribution in [1.29, 1.82) is 5.26 Å². The minimum Gasteiger partial charge on any atom is -0.436 e. The van der Waals surface area contributed by atoms with Gasteiger partial charge in [0.25, 0.3) is 0 Å². The normalized spacial score (nSPS) is 11.3. The Bertz CT molecular complexity index is 3040. The molecule has 3 nitrogen and oxygen atoms in total. The summed E-state index contributed by atoms with van der Waals surface area (Å²) in [6.45, 7) is 0. The van der Waals surface area contributed by atoms with Crippen molar-refractivity contribution >= 4 is 32.6 Å². The first-order valence-electron chi connectivity index (χ1n) is 18.4. The Morgan fingerprint density at radius 2 is 0.873 bits per heavy atom. The van der Waals surface area contributed by atoms with E-state index in [9.17, 15) is 0 Å². The average molecular weight is 701 g/mol. The van der Waals surface area contributed by atoms with Crippen LogP contribution in [0, 0.1) is 11.3 Å². The Kier molecular flexibility index (Phi) is 7.86. The lowest BCUT2D eigenvalue weighted by Crippen LogP contribution is -1.86. The molecule has 1 heterocycles. The highest BCUT2D eigenvalue weighted by molar-refractivity contribution is 6.13. The first kappa shape index (κ1) is 32.1. The van der Waals surface area contributed by atoms with Crippen molar-refractivity contribution in [2.75, 3.05) is 0 Å². The quantitative estimate of drug-likeness (QED) is 0.162. The van der Waals surface area contributed by atoms with Crippen molar-refractivity contribution in [2.45, 2.75) is 0 Å². The van der Waals surface area contributed by atoms with Crippen LogP contribution >= 0.6 is 0 Å². The molecule has 0 N–H and O–H groups in total. The average Bonchev–Trinajstić information content (AvgIpc) is 3.71. The summed E-state index contributed by atoms with van der Waals surface area (Å²) in [6.07, 6.45) is 0. The third kappa shape index (κ3) is 5.93. The van der Waals surface area contributed by atoms with E-state index >= 15 is 0 Å². The van der Waals surface area contributed by atoms with Crippen LogP contribution in [0.15, 0.2) is 199 Å². The zero-order chi connectivity index (χ0) is 36.7. The van der Waals surface area contributed by atoms with Crippen LogP contribution in [0.1, 0.15) is 5.56 Å². The van der Waals surface area contributed by atoms with E-state index in [1.165, 1.54) is 27.1 Å². The molecule has 10 aromatic rings. The number of aromatic nitrogens is 1. The number of hydrogen-bond donors (Lipinski definition) is 0. The smallest absolute Gasteiger partial charge is 0.227 e. The van der Waals surface area contributed by atoms with E-state index in [1.807, 2.05) is 30.3 Å². The van der Waals surface area contributed by atoms with Crippen LogP contribution in [0.25, 0.3) is 99.7 Å². The Balaban J connectivity index is 0.986. The first-order valence-corrected chi connectivity index (χ1v) is 18.4. The molecular weight excluding hydrogens is 669 g/mol. The summed E-state index contributed by atoms with van der Waals surface area (Å²) in [5.41, 5.74) is 14.3. The molecule has 0 spiro atoms. The third-order valence-corrected chi connectivity index (χ3v) is 10.6. The van der Waals surface area contributed by atoms with E-state index in [0.717, 1.165) is 66.7 Å². The van der Waals surface area contributed by atoms with Crippen molar-refractivity contribution in [3.63, 3.8) is 0 Å². The van der Waals surface area contributed by atoms with Crippen LogP contribution in [-0.2, 0) is 0 Å². The minimum atomic E-state index is 0.596. The van der Waals surface area contributed by atoms with Gasteiger partial charge in [0.2, 0.25) is 5.89 Å². The number of benzene rings is 9. The number of nitriles is 1. The molecule has 55 heavy (non-hydrogen) atoms. The summed E-state index contributed by atoms with van der Waals surface area (Å²) < 4.78 is 6.58. The van der Waals surface area contributed by atoms with Gasteiger partial charge in [0.15, 0.2) is 5.58 Å². The molecule has 0 aliphatic carbocycles. The van der Waals surface area contributed by atoms with Gasteiger partial charge in [0.1, 0.15) is 5.52 Å². The molecule has 0 unspecified atom stereocenters. The predicted octanol–water partition coefficient (Wildman–Crippen LogP) is 14.0. The van der Waals surface area contributed by atoms with E-state index in [1.54, 1.807) is 0 Å². The van der Waals surface area contributed by atoms with Crippen molar-refractivity contribution < 1.29 is 4.42 Å². The van der Waals surface area contributed by atoms with Gasteiger partial charge in [0, 0.05) is 11.1 Å². The lowest BCUT2D eigenvalue weighted by molar-refractivity contribution is 0.620. The molecule has 0 bridgehead atoms. The molecular formula is C52H32N2O. The molecule has 0 saturated heterocycles. The number of oxazole rings is 1. The molecule has 256 valence electrons. The number of rotatable bonds is 6. The lowest BCUT2D eigenvalue weighted by Gasteiger charge is -2.11. The van der Waals surface area contributed by atoms with Crippen LogP contribution in [0.3, 0.4) is 0 Å². The van der Waals surface area contributed by atoms with Crippen LogP contribution in [0.4, 0.5) is 0 Å². The minimum absolute atomic E-state index is 0.596. The highest BCUT2D eigenvalue weighted by Crippen LogP contribution is 2.39. The molecule has 0 saturated carbocycles. The predicted molar refractivity (Wildman–Crippen MR) is 226 cm³/mol. The zero-order valence-corrected chi connectivity index (χ0v) is 29.8. The Morgan fingerprint density at radius 1 is 0.382 bits per heavy atom. The van der Waals surface area contributed by atoms with Crippen molar-refractivity contribution in [3.8, 4) is 73.2 Å². The van der Waals surface area contributed by atoms with E-state index in [4.69, 9.17) is 14.7 Å². The molecule has 0 amide bonds. The van der Waals surface area contributed by atoms with Crippen LogP contribution in [-0.4, -0.2) is 4.98 Å². The molecule has 0 fully saturated rings. The number of nitrogens with zero attached hydrogens (tertiary/aromatic N) is 2. The maximum Gasteiger partial charge on any atom is 0.227 e. The lowest BCUT2D eigenvalue weighted by atomic mass is 9.93. The summed E-state index contributed by atoms with van der Waals surface area (Å²) >= 11 is 0. The van der Waals surface area contributed by atoms with Gasteiger partial charge in [0.05, 0.1) is 11.6 Å².